The molecule has 16 heteroatoms. The number of urea groups is 1. The first-order valence-electron chi connectivity index (χ1n) is 19.9. The van der Waals surface area contributed by atoms with Gasteiger partial charge in [0, 0.05) is 37.8 Å². The monoisotopic (exact) mass is 832 g/mol. The fraction of sp³-hybridized carbons (Fsp3) is 0.318. The minimum absolute atomic E-state index is 0. The predicted molar refractivity (Wildman–Crippen MR) is 231 cm³/mol. The van der Waals surface area contributed by atoms with Crippen LogP contribution in [-0.2, 0) is 16.1 Å². The van der Waals surface area contributed by atoms with E-state index in [2.05, 4.69) is 50.5 Å². The van der Waals surface area contributed by atoms with Crippen molar-refractivity contribution in [2.75, 3.05) is 35.2 Å². The molecule has 8 rings (SSSR count). The van der Waals surface area contributed by atoms with Gasteiger partial charge in [0.2, 0.25) is 11.9 Å². The number of hydrogen-bond acceptors (Lipinski definition) is 11. The van der Waals surface area contributed by atoms with Crippen molar-refractivity contribution in [1.29, 1.82) is 0 Å². The van der Waals surface area contributed by atoms with Crippen molar-refractivity contribution < 1.29 is 24.5 Å². The number of carbonyl (C=O) groups is 2. The normalized spacial score (nSPS) is 20.4. The van der Waals surface area contributed by atoms with Gasteiger partial charge in [-0.2, -0.15) is 9.97 Å². The minimum Gasteiger partial charge on any atom is -0.388 e. The second kappa shape index (κ2) is 19.3. The molecule has 1 aliphatic carbocycles. The molecule has 60 heavy (non-hydrogen) atoms. The van der Waals surface area contributed by atoms with E-state index in [9.17, 15) is 19.8 Å². The fourth-order valence-corrected chi connectivity index (χ4v) is 7.86. The molecule has 0 radical (unpaired) electrons. The SMILES string of the molecule is CC(OCc1ccccc1)C(=O)N[C@H]1C[C@@H](n2cnc3c(NCC(c4ccccc4)c4ccccc4)nc(N4CCC(NC(=O)Nc5cccnc5)C4)nc32)[C@H](O)[C@@H]1O.Cl. The Bertz CT molecular complexity index is 2290. The molecule has 15 nitrogen and oxygen atoms in total. The molecule has 1 saturated heterocycles. The van der Waals surface area contributed by atoms with Crippen LogP contribution in [0, 0.1) is 0 Å². The minimum atomic E-state index is -1.25. The second-order valence-corrected chi connectivity index (χ2v) is 15.1. The fourth-order valence-electron chi connectivity index (χ4n) is 7.86. The summed E-state index contributed by atoms with van der Waals surface area (Å²) in [4.78, 5) is 46.9. The van der Waals surface area contributed by atoms with Gasteiger partial charge >= 0.3 is 6.03 Å². The van der Waals surface area contributed by atoms with Crippen LogP contribution in [0.3, 0.4) is 0 Å². The average Bonchev–Trinajstić information content (AvgIpc) is 3.99. The number of amides is 3. The number of nitrogens with zero attached hydrogens (tertiary/aromatic N) is 6. The molecular formula is C44H49ClN10O5. The van der Waals surface area contributed by atoms with Crippen LogP contribution in [0.5, 0.6) is 0 Å². The number of fused-ring (bicyclic) bond motifs is 1. The third-order valence-electron chi connectivity index (χ3n) is 11.1. The van der Waals surface area contributed by atoms with Gasteiger partial charge in [0.25, 0.3) is 0 Å². The van der Waals surface area contributed by atoms with Gasteiger partial charge in [0.1, 0.15) is 18.3 Å². The lowest BCUT2D eigenvalue weighted by atomic mass is 9.91. The summed E-state index contributed by atoms with van der Waals surface area (Å²) in [7, 11) is 0. The number of hydrogen-bond donors (Lipinski definition) is 6. The van der Waals surface area contributed by atoms with Crippen LogP contribution < -0.4 is 26.2 Å². The Kier molecular flexibility index (Phi) is 13.5. The number of aliphatic hydroxyl groups is 2. The van der Waals surface area contributed by atoms with E-state index >= 15 is 0 Å². The van der Waals surface area contributed by atoms with E-state index in [1.54, 1.807) is 42.3 Å². The molecule has 0 spiro atoms. The maximum absolute atomic E-state index is 13.2. The van der Waals surface area contributed by atoms with Crippen LogP contribution in [0.2, 0.25) is 0 Å². The van der Waals surface area contributed by atoms with Crippen molar-refractivity contribution >= 4 is 53.0 Å². The van der Waals surface area contributed by atoms with E-state index in [0.29, 0.717) is 54.7 Å². The van der Waals surface area contributed by atoms with Gasteiger partial charge in [0.15, 0.2) is 17.0 Å². The summed E-state index contributed by atoms with van der Waals surface area (Å²) >= 11 is 0. The highest BCUT2D eigenvalue weighted by molar-refractivity contribution is 5.89. The van der Waals surface area contributed by atoms with E-state index in [4.69, 9.17) is 19.7 Å². The van der Waals surface area contributed by atoms with E-state index in [-0.39, 0.29) is 49.3 Å². The summed E-state index contributed by atoms with van der Waals surface area (Å²) in [6.07, 6.45) is 2.45. The zero-order valence-corrected chi connectivity index (χ0v) is 33.9. The van der Waals surface area contributed by atoms with E-state index in [1.165, 1.54) is 0 Å². The number of nitrogens with one attached hydrogen (secondary N) is 4. The van der Waals surface area contributed by atoms with Crippen LogP contribution in [0.1, 0.15) is 48.4 Å². The van der Waals surface area contributed by atoms with Gasteiger partial charge in [-0.3, -0.25) is 9.78 Å². The quantitative estimate of drug-likeness (QED) is 0.0862. The number of anilines is 3. The van der Waals surface area contributed by atoms with Gasteiger partial charge in [-0.25, -0.2) is 9.78 Å². The Hall–Kier alpha value is -6.13. The molecule has 2 aliphatic rings. The Morgan fingerprint density at radius 3 is 2.27 bits per heavy atom. The number of carbonyl (C=O) groups excluding carboxylic acids is 2. The van der Waals surface area contributed by atoms with Crippen LogP contribution in [0.25, 0.3) is 11.2 Å². The third kappa shape index (κ3) is 9.66. The Labute approximate surface area is 354 Å². The van der Waals surface area contributed by atoms with Gasteiger partial charge in [0.05, 0.1) is 36.9 Å². The molecule has 0 bridgehead atoms. The molecule has 3 amide bonds. The Morgan fingerprint density at radius 2 is 1.58 bits per heavy atom. The first-order chi connectivity index (χ1) is 28.8. The summed E-state index contributed by atoms with van der Waals surface area (Å²) in [6, 6.07) is 31.7. The topological polar surface area (TPSA) is 192 Å². The molecule has 2 unspecified atom stereocenters. The van der Waals surface area contributed by atoms with Gasteiger partial charge in [-0.1, -0.05) is 91.0 Å². The number of aromatic nitrogens is 5. The summed E-state index contributed by atoms with van der Waals surface area (Å²) in [5, 5.41) is 35.1. The largest absolute Gasteiger partial charge is 0.388 e. The third-order valence-corrected chi connectivity index (χ3v) is 11.1. The lowest BCUT2D eigenvalue weighted by Crippen LogP contribution is -2.46. The average molecular weight is 833 g/mol. The molecule has 1 saturated carbocycles. The van der Waals surface area contributed by atoms with Crippen molar-refractivity contribution in [2.45, 2.75) is 68.7 Å². The molecule has 312 valence electrons. The highest BCUT2D eigenvalue weighted by Crippen LogP contribution is 2.36. The Morgan fingerprint density at radius 1 is 0.883 bits per heavy atom. The molecule has 6 aromatic rings. The van der Waals surface area contributed by atoms with Gasteiger partial charge in [-0.05, 0) is 48.6 Å². The maximum Gasteiger partial charge on any atom is 0.319 e. The van der Waals surface area contributed by atoms with Crippen molar-refractivity contribution in [1.82, 2.24) is 35.1 Å². The molecule has 4 heterocycles. The smallest absolute Gasteiger partial charge is 0.319 e. The first kappa shape index (κ1) is 42.0. The number of rotatable bonds is 14. The molecule has 2 fully saturated rings. The second-order valence-electron chi connectivity index (χ2n) is 15.1. The standard InChI is InChI=1S/C44H48N10O5.ClH/c1-28(59-26-29-12-5-2-6-13-29)42(57)50-35-22-36(39(56)38(35)55)54-27-47-37-40(46-24-34(30-14-7-3-8-15-30)31-16-9-4-10-17-31)51-43(52-41(37)54)53-21-19-33(25-53)49-44(58)48-32-18-11-20-45-23-32;/h2-18,20,23,27-28,33-36,38-39,55-56H,19,21-22,24-26H2,1H3,(H,50,57)(H,46,51,52)(H2,48,49,58);1H/t28?,33?,35-,36+,38+,39-;/m0./s1. The zero-order chi connectivity index (χ0) is 40.7. The van der Waals surface area contributed by atoms with E-state index < -0.39 is 30.4 Å². The number of imidazole rings is 1. The van der Waals surface area contributed by atoms with Crippen molar-refractivity contribution in [2.24, 2.45) is 0 Å². The molecule has 6 N–H and O–H groups in total. The van der Waals surface area contributed by atoms with E-state index in [0.717, 1.165) is 16.7 Å². The maximum atomic E-state index is 13.2. The number of halogens is 1. The van der Waals surface area contributed by atoms with Crippen LogP contribution in [0.15, 0.2) is 122 Å². The number of pyridine rings is 1. The van der Waals surface area contributed by atoms with Crippen molar-refractivity contribution in [3.8, 4) is 0 Å². The first-order valence-corrected chi connectivity index (χ1v) is 19.9. The summed E-state index contributed by atoms with van der Waals surface area (Å²) in [5.74, 6) is 0.537. The van der Waals surface area contributed by atoms with Crippen molar-refractivity contribution in [3.05, 3.63) is 139 Å². The summed E-state index contributed by atoms with van der Waals surface area (Å²) < 4.78 is 7.58. The Balaban J connectivity index is 0.00000544. The highest BCUT2D eigenvalue weighted by Gasteiger charge is 2.44. The number of aliphatic hydroxyl groups excluding tert-OH is 2. The summed E-state index contributed by atoms with van der Waals surface area (Å²) in [5.41, 5.74) is 4.76. The molecule has 3 aromatic carbocycles. The van der Waals surface area contributed by atoms with Crippen LogP contribution in [0.4, 0.5) is 22.2 Å². The molecule has 3 aromatic heterocycles. The lowest BCUT2D eigenvalue weighted by Gasteiger charge is -2.22. The summed E-state index contributed by atoms with van der Waals surface area (Å²) in [6.45, 7) is 3.46. The number of ether oxygens (including phenoxy) is 1. The van der Waals surface area contributed by atoms with Crippen LogP contribution in [-0.4, -0.2) is 96.7 Å². The molecule has 6 atom stereocenters. The highest BCUT2D eigenvalue weighted by atomic mass is 35.5. The number of benzene rings is 3. The van der Waals surface area contributed by atoms with Gasteiger partial charge < -0.3 is 45.7 Å². The molecular weight excluding hydrogens is 784 g/mol. The lowest BCUT2D eigenvalue weighted by molar-refractivity contribution is -0.134. The van der Waals surface area contributed by atoms with Crippen molar-refractivity contribution in [3.63, 3.8) is 0 Å². The van der Waals surface area contributed by atoms with E-state index in [1.807, 2.05) is 71.6 Å². The zero-order valence-electron chi connectivity index (χ0n) is 33.0. The van der Waals surface area contributed by atoms with Crippen LogP contribution >= 0.6 is 12.4 Å². The predicted octanol–water partition coefficient (Wildman–Crippen LogP) is 5.04. The molecule has 1 aliphatic heterocycles. The van der Waals surface area contributed by atoms with Gasteiger partial charge in [-0.15, -0.1) is 12.4 Å².